The second-order valence-electron chi connectivity index (χ2n) is 9.58. The van der Waals surface area contributed by atoms with Crippen molar-refractivity contribution in [3.63, 3.8) is 0 Å². The summed E-state index contributed by atoms with van der Waals surface area (Å²) in [6, 6.07) is 21.3. The SMILES string of the molecule is CCCCOc1ccc(C2C(C(=O)OCc3ccccc3)=C(C)N=c3s/c(=C\c4ccc(Cl)cc4Cl)c(=O)n32)cc1. The molecule has 1 atom stereocenters. The molecule has 210 valence electrons. The highest BCUT2D eigenvalue weighted by atomic mass is 35.5. The first-order valence-electron chi connectivity index (χ1n) is 13.3. The fourth-order valence-corrected chi connectivity index (χ4v) is 6.04. The molecular formula is C32H28Cl2N2O4S. The van der Waals surface area contributed by atoms with Gasteiger partial charge in [0.05, 0.1) is 28.5 Å². The fourth-order valence-electron chi connectivity index (χ4n) is 4.54. The molecule has 0 aliphatic carbocycles. The van der Waals surface area contributed by atoms with Gasteiger partial charge in [0.2, 0.25) is 0 Å². The lowest BCUT2D eigenvalue weighted by atomic mass is 9.96. The molecule has 1 aliphatic rings. The van der Waals surface area contributed by atoms with Gasteiger partial charge in [-0.2, -0.15) is 0 Å². The first-order valence-corrected chi connectivity index (χ1v) is 14.8. The molecule has 41 heavy (non-hydrogen) atoms. The molecule has 0 bridgehead atoms. The van der Waals surface area contributed by atoms with Crippen molar-refractivity contribution in [2.24, 2.45) is 4.99 Å². The van der Waals surface area contributed by atoms with Crippen molar-refractivity contribution in [2.45, 2.75) is 39.3 Å². The Kier molecular flexibility index (Phi) is 9.08. The molecule has 0 saturated heterocycles. The van der Waals surface area contributed by atoms with Gasteiger partial charge in [-0.05, 0) is 60.4 Å². The van der Waals surface area contributed by atoms with E-state index in [0.717, 1.165) is 29.7 Å². The summed E-state index contributed by atoms with van der Waals surface area (Å²) in [5.41, 5.74) is 2.78. The number of carbonyl (C=O) groups excluding carboxylic acids is 1. The Hall–Kier alpha value is -3.65. The van der Waals surface area contributed by atoms with Gasteiger partial charge in [-0.15, -0.1) is 0 Å². The molecule has 4 aromatic rings. The maximum Gasteiger partial charge on any atom is 0.338 e. The molecule has 1 aliphatic heterocycles. The molecule has 0 spiro atoms. The number of fused-ring (bicyclic) bond motifs is 1. The number of esters is 1. The predicted octanol–water partition coefficient (Wildman–Crippen LogP) is 6.46. The van der Waals surface area contributed by atoms with Crippen LogP contribution in [0.5, 0.6) is 5.75 Å². The van der Waals surface area contributed by atoms with Gasteiger partial charge < -0.3 is 9.47 Å². The van der Waals surface area contributed by atoms with E-state index in [2.05, 4.69) is 11.9 Å². The second-order valence-corrected chi connectivity index (χ2v) is 11.4. The van der Waals surface area contributed by atoms with Gasteiger partial charge in [-0.25, -0.2) is 9.79 Å². The molecule has 0 radical (unpaired) electrons. The van der Waals surface area contributed by atoms with Crippen LogP contribution in [-0.4, -0.2) is 17.1 Å². The van der Waals surface area contributed by atoms with E-state index in [9.17, 15) is 9.59 Å². The van der Waals surface area contributed by atoms with Crippen LogP contribution in [-0.2, 0) is 16.1 Å². The monoisotopic (exact) mass is 606 g/mol. The first kappa shape index (κ1) is 28.9. The molecule has 2 heterocycles. The van der Waals surface area contributed by atoms with E-state index in [1.165, 1.54) is 11.3 Å². The highest BCUT2D eigenvalue weighted by Crippen LogP contribution is 2.32. The minimum absolute atomic E-state index is 0.104. The van der Waals surface area contributed by atoms with Crippen LogP contribution < -0.4 is 19.6 Å². The number of nitrogens with zero attached hydrogens (tertiary/aromatic N) is 2. The summed E-state index contributed by atoms with van der Waals surface area (Å²) in [7, 11) is 0. The number of halogens is 2. The van der Waals surface area contributed by atoms with Gasteiger partial charge in [0.15, 0.2) is 4.80 Å². The summed E-state index contributed by atoms with van der Waals surface area (Å²) < 4.78 is 13.6. The molecule has 1 unspecified atom stereocenters. The molecule has 0 amide bonds. The summed E-state index contributed by atoms with van der Waals surface area (Å²) in [5, 5.41) is 0.935. The number of unbranched alkanes of at least 4 members (excludes halogenated alkanes) is 1. The smallest absolute Gasteiger partial charge is 0.338 e. The third-order valence-corrected chi connectivity index (χ3v) is 8.21. The summed E-state index contributed by atoms with van der Waals surface area (Å²) >= 11 is 13.7. The van der Waals surface area contributed by atoms with Crippen LogP contribution in [0.25, 0.3) is 6.08 Å². The maximum atomic E-state index is 13.9. The van der Waals surface area contributed by atoms with Crippen LogP contribution in [0.3, 0.4) is 0 Å². The van der Waals surface area contributed by atoms with E-state index in [1.807, 2.05) is 54.6 Å². The number of hydrogen-bond donors (Lipinski definition) is 0. The Morgan fingerprint density at radius 2 is 1.83 bits per heavy atom. The zero-order valence-electron chi connectivity index (χ0n) is 22.6. The summed E-state index contributed by atoms with van der Waals surface area (Å²) in [6.45, 7) is 4.60. The lowest BCUT2D eigenvalue weighted by Gasteiger charge is -2.25. The highest BCUT2D eigenvalue weighted by Gasteiger charge is 2.33. The van der Waals surface area contributed by atoms with E-state index in [4.69, 9.17) is 32.7 Å². The second kappa shape index (κ2) is 12.9. The molecule has 9 heteroatoms. The van der Waals surface area contributed by atoms with Crippen molar-refractivity contribution in [1.29, 1.82) is 0 Å². The number of ether oxygens (including phenoxy) is 2. The van der Waals surface area contributed by atoms with Crippen molar-refractivity contribution >= 4 is 46.6 Å². The Balaban J connectivity index is 1.58. The van der Waals surface area contributed by atoms with Gasteiger partial charge in [-0.3, -0.25) is 9.36 Å². The van der Waals surface area contributed by atoms with Crippen LogP contribution in [0.4, 0.5) is 0 Å². The van der Waals surface area contributed by atoms with Gasteiger partial charge in [-0.1, -0.05) is 96.4 Å². The number of benzene rings is 3. The maximum absolute atomic E-state index is 13.9. The number of aromatic nitrogens is 1. The summed E-state index contributed by atoms with van der Waals surface area (Å²) in [6.07, 6.45) is 3.71. The van der Waals surface area contributed by atoms with E-state index in [1.54, 1.807) is 35.8 Å². The lowest BCUT2D eigenvalue weighted by molar-refractivity contribution is -0.140. The van der Waals surface area contributed by atoms with Crippen molar-refractivity contribution in [3.8, 4) is 5.75 Å². The Labute approximate surface area is 251 Å². The summed E-state index contributed by atoms with van der Waals surface area (Å²) in [4.78, 5) is 32.6. The topological polar surface area (TPSA) is 69.9 Å². The van der Waals surface area contributed by atoms with Gasteiger partial charge in [0.1, 0.15) is 12.4 Å². The lowest BCUT2D eigenvalue weighted by Crippen LogP contribution is -2.39. The predicted molar refractivity (Wildman–Crippen MR) is 163 cm³/mol. The number of carbonyl (C=O) groups is 1. The van der Waals surface area contributed by atoms with Crippen LogP contribution in [0, 0.1) is 0 Å². The fraction of sp³-hybridized carbons (Fsp3) is 0.219. The average molecular weight is 608 g/mol. The summed E-state index contributed by atoms with van der Waals surface area (Å²) in [5.74, 6) is 0.194. The molecular weight excluding hydrogens is 579 g/mol. The Morgan fingerprint density at radius 1 is 1.07 bits per heavy atom. The van der Waals surface area contributed by atoms with Crippen LogP contribution in [0.15, 0.2) is 93.9 Å². The number of hydrogen-bond acceptors (Lipinski definition) is 6. The van der Waals surface area contributed by atoms with Gasteiger partial charge in [0, 0.05) is 10.0 Å². The van der Waals surface area contributed by atoms with Crippen molar-refractivity contribution < 1.29 is 14.3 Å². The van der Waals surface area contributed by atoms with Crippen molar-refractivity contribution in [2.75, 3.05) is 6.61 Å². The van der Waals surface area contributed by atoms with E-state index in [0.29, 0.717) is 42.8 Å². The highest BCUT2D eigenvalue weighted by molar-refractivity contribution is 7.07. The van der Waals surface area contributed by atoms with Crippen molar-refractivity contribution in [3.05, 3.63) is 130 Å². The van der Waals surface area contributed by atoms with E-state index in [-0.39, 0.29) is 12.2 Å². The van der Waals surface area contributed by atoms with Crippen LogP contribution >= 0.6 is 34.5 Å². The number of thiazole rings is 1. The molecule has 6 nitrogen and oxygen atoms in total. The molecule has 3 aromatic carbocycles. The normalized spacial score (nSPS) is 14.9. The average Bonchev–Trinajstić information content (AvgIpc) is 3.27. The molecule has 0 N–H and O–H groups in total. The zero-order chi connectivity index (χ0) is 28.9. The minimum atomic E-state index is -0.734. The molecule has 0 fully saturated rings. The van der Waals surface area contributed by atoms with Gasteiger partial charge in [0.25, 0.3) is 5.56 Å². The van der Waals surface area contributed by atoms with Crippen LogP contribution in [0.2, 0.25) is 10.0 Å². The van der Waals surface area contributed by atoms with Gasteiger partial charge >= 0.3 is 5.97 Å². The molecule has 5 rings (SSSR count). The minimum Gasteiger partial charge on any atom is -0.494 e. The quantitative estimate of drug-likeness (QED) is 0.162. The largest absolute Gasteiger partial charge is 0.494 e. The standard InChI is InChI=1S/C32H28Cl2N2O4S/c1-3-4-16-39-25-14-11-22(12-15-25)29-28(31(38)40-19-21-8-6-5-7-9-21)20(2)35-32-36(29)30(37)27(41-32)17-23-10-13-24(33)18-26(23)34/h5-15,17-18,29H,3-4,16,19H2,1-2H3/b27-17-. The van der Waals surface area contributed by atoms with E-state index >= 15 is 0 Å². The zero-order valence-corrected chi connectivity index (χ0v) is 24.9. The van der Waals surface area contributed by atoms with Crippen LogP contribution in [0.1, 0.15) is 49.4 Å². The number of rotatable bonds is 9. The molecule has 1 aromatic heterocycles. The number of allylic oxidation sites excluding steroid dienone is 1. The van der Waals surface area contributed by atoms with E-state index < -0.39 is 12.0 Å². The Morgan fingerprint density at radius 3 is 2.54 bits per heavy atom. The third-order valence-electron chi connectivity index (χ3n) is 6.67. The van der Waals surface area contributed by atoms with Crippen molar-refractivity contribution in [1.82, 2.24) is 4.57 Å². The Bertz CT molecular complexity index is 1780. The first-order chi connectivity index (χ1) is 19.9. The molecule has 0 saturated carbocycles. The third kappa shape index (κ3) is 6.48.